The van der Waals surface area contributed by atoms with Gasteiger partial charge in [0.05, 0.1) is 0 Å². The Kier molecular flexibility index (Phi) is 5.60. The van der Waals surface area contributed by atoms with Crippen LogP contribution in [-0.4, -0.2) is 37.0 Å². The van der Waals surface area contributed by atoms with Crippen molar-refractivity contribution in [3.63, 3.8) is 0 Å². The highest BCUT2D eigenvalue weighted by Crippen LogP contribution is 2.09. The van der Waals surface area contributed by atoms with Crippen LogP contribution in [0.1, 0.15) is 39.0 Å². The first-order chi connectivity index (χ1) is 6.84. The molecule has 0 spiro atoms. The van der Waals surface area contributed by atoms with Crippen LogP contribution in [-0.2, 0) is 4.79 Å². The molecule has 0 aliphatic carbocycles. The topological polar surface area (TPSA) is 32.3 Å². The van der Waals surface area contributed by atoms with Crippen LogP contribution in [0.15, 0.2) is 0 Å². The first-order valence-electron chi connectivity index (χ1n) is 5.83. The van der Waals surface area contributed by atoms with Crippen molar-refractivity contribution in [3.05, 3.63) is 0 Å². The third-order valence-electron chi connectivity index (χ3n) is 2.66. The van der Waals surface area contributed by atoms with E-state index < -0.39 is 0 Å². The molecular weight excluding hydrogens is 176 g/mol. The van der Waals surface area contributed by atoms with Crippen molar-refractivity contribution in [3.8, 4) is 0 Å². The van der Waals surface area contributed by atoms with E-state index in [-0.39, 0.29) is 0 Å². The SMILES string of the molecule is CCCCNCCCN1CCCC1=O. The average molecular weight is 198 g/mol. The Morgan fingerprint density at radius 2 is 2.14 bits per heavy atom. The molecule has 14 heavy (non-hydrogen) atoms. The maximum atomic E-state index is 11.2. The molecule has 3 nitrogen and oxygen atoms in total. The van der Waals surface area contributed by atoms with Gasteiger partial charge in [-0.05, 0) is 32.4 Å². The fourth-order valence-electron chi connectivity index (χ4n) is 1.76. The number of amides is 1. The van der Waals surface area contributed by atoms with Gasteiger partial charge in [-0.2, -0.15) is 0 Å². The molecule has 0 unspecified atom stereocenters. The molecule has 82 valence electrons. The van der Waals surface area contributed by atoms with Gasteiger partial charge in [0.25, 0.3) is 0 Å². The largest absolute Gasteiger partial charge is 0.343 e. The first kappa shape index (κ1) is 11.5. The second kappa shape index (κ2) is 6.82. The first-order valence-corrected chi connectivity index (χ1v) is 5.83. The third kappa shape index (κ3) is 4.09. The van der Waals surface area contributed by atoms with Gasteiger partial charge in [-0.25, -0.2) is 0 Å². The maximum Gasteiger partial charge on any atom is 0.222 e. The van der Waals surface area contributed by atoms with Gasteiger partial charge in [-0.3, -0.25) is 4.79 Å². The zero-order chi connectivity index (χ0) is 10.2. The highest BCUT2D eigenvalue weighted by molar-refractivity contribution is 5.77. The lowest BCUT2D eigenvalue weighted by Gasteiger charge is -2.15. The molecule has 1 aliphatic rings. The fourth-order valence-corrected chi connectivity index (χ4v) is 1.76. The monoisotopic (exact) mass is 198 g/mol. The molecule has 0 radical (unpaired) electrons. The van der Waals surface area contributed by atoms with E-state index in [0.717, 1.165) is 45.4 Å². The van der Waals surface area contributed by atoms with Crippen LogP contribution in [0.3, 0.4) is 0 Å². The molecule has 1 N–H and O–H groups in total. The lowest BCUT2D eigenvalue weighted by Crippen LogP contribution is -2.28. The number of nitrogens with one attached hydrogen (secondary N) is 1. The van der Waals surface area contributed by atoms with E-state index in [1.807, 2.05) is 4.90 Å². The highest BCUT2D eigenvalue weighted by Gasteiger charge is 2.18. The van der Waals surface area contributed by atoms with Gasteiger partial charge in [0.15, 0.2) is 0 Å². The summed E-state index contributed by atoms with van der Waals surface area (Å²) >= 11 is 0. The van der Waals surface area contributed by atoms with Crippen molar-refractivity contribution < 1.29 is 4.79 Å². The van der Waals surface area contributed by atoms with Gasteiger partial charge < -0.3 is 10.2 Å². The molecule has 0 aromatic rings. The molecule has 1 fully saturated rings. The van der Waals surface area contributed by atoms with E-state index >= 15 is 0 Å². The van der Waals surface area contributed by atoms with E-state index in [9.17, 15) is 4.79 Å². The Morgan fingerprint density at radius 3 is 2.79 bits per heavy atom. The predicted molar refractivity (Wildman–Crippen MR) is 58.2 cm³/mol. The van der Waals surface area contributed by atoms with E-state index in [0.29, 0.717) is 5.91 Å². The van der Waals surface area contributed by atoms with Gasteiger partial charge >= 0.3 is 0 Å². The Hall–Kier alpha value is -0.570. The maximum absolute atomic E-state index is 11.2. The molecule has 1 saturated heterocycles. The molecule has 0 atom stereocenters. The second-order valence-corrected chi connectivity index (χ2v) is 3.94. The minimum Gasteiger partial charge on any atom is -0.343 e. The van der Waals surface area contributed by atoms with Crippen LogP contribution < -0.4 is 5.32 Å². The number of rotatable bonds is 7. The number of hydrogen-bond acceptors (Lipinski definition) is 2. The Balaban J connectivity index is 1.90. The molecule has 1 rings (SSSR count). The summed E-state index contributed by atoms with van der Waals surface area (Å²) < 4.78 is 0. The zero-order valence-electron chi connectivity index (χ0n) is 9.22. The molecule has 0 aromatic heterocycles. The van der Waals surface area contributed by atoms with E-state index in [1.165, 1.54) is 12.8 Å². The van der Waals surface area contributed by atoms with E-state index in [2.05, 4.69) is 12.2 Å². The van der Waals surface area contributed by atoms with Gasteiger partial charge in [0.2, 0.25) is 5.91 Å². The Morgan fingerprint density at radius 1 is 1.36 bits per heavy atom. The summed E-state index contributed by atoms with van der Waals surface area (Å²) in [6.07, 6.45) is 5.42. The summed E-state index contributed by atoms with van der Waals surface area (Å²) in [5.74, 6) is 0.346. The number of unbranched alkanes of at least 4 members (excludes halogenated alkanes) is 1. The summed E-state index contributed by atoms with van der Waals surface area (Å²) in [5, 5.41) is 3.39. The van der Waals surface area contributed by atoms with Gasteiger partial charge in [0, 0.05) is 19.5 Å². The number of carbonyl (C=O) groups excluding carboxylic acids is 1. The third-order valence-corrected chi connectivity index (χ3v) is 2.66. The Bertz CT molecular complexity index is 171. The normalized spacial score (nSPS) is 16.6. The number of carbonyl (C=O) groups is 1. The lowest BCUT2D eigenvalue weighted by molar-refractivity contribution is -0.127. The predicted octanol–water partition coefficient (Wildman–Crippen LogP) is 1.39. The summed E-state index contributed by atoms with van der Waals surface area (Å²) in [5.41, 5.74) is 0. The standard InChI is InChI=1S/C11H22N2O/c1-2-3-7-12-8-5-10-13-9-4-6-11(13)14/h12H,2-10H2,1H3. The zero-order valence-corrected chi connectivity index (χ0v) is 9.22. The smallest absolute Gasteiger partial charge is 0.222 e. The summed E-state index contributed by atoms with van der Waals surface area (Å²) in [6, 6.07) is 0. The molecule has 1 heterocycles. The average Bonchev–Trinajstić information content (AvgIpc) is 2.58. The highest BCUT2D eigenvalue weighted by atomic mass is 16.2. The number of likely N-dealkylation sites (tertiary alicyclic amines) is 1. The molecule has 0 bridgehead atoms. The van der Waals surface area contributed by atoms with Crippen LogP contribution in [0.5, 0.6) is 0 Å². The van der Waals surface area contributed by atoms with Gasteiger partial charge in [-0.1, -0.05) is 13.3 Å². The summed E-state index contributed by atoms with van der Waals surface area (Å²) in [6.45, 7) is 6.28. The quantitative estimate of drug-likeness (QED) is 0.627. The van der Waals surface area contributed by atoms with Crippen molar-refractivity contribution in [2.75, 3.05) is 26.2 Å². The van der Waals surface area contributed by atoms with Crippen molar-refractivity contribution in [2.24, 2.45) is 0 Å². The molecule has 0 saturated carbocycles. The van der Waals surface area contributed by atoms with Crippen molar-refractivity contribution in [1.29, 1.82) is 0 Å². The van der Waals surface area contributed by atoms with Crippen LogP contribution in [0.25, 0.3) is 0 Å². The minimum atomic E-state index is 0.346. The lowest BCUT2D eigenvalue weighted by atomic mass is 10.3. The Labute approximate surface area is 86.9 Å². The molecule has 3 heteroatoms. The molecule has 0 aromatic carbocycles. The van der Waals surface area contributed by atoms with Crippen LogP contribution in [0.2, 0.25) is 0 Å². The number of nitrogens with zero attached hydrogens (tertiary/aromatic N) is 1. The van der Waals surface area contributed by atoms with Crippen molar-refractivity contribution in [1.82, 2.24) is 10.2 Å². The van der Waals surface area contributed by atoms with Crippen LogP contribution >= 0.6 is 0 Å². The van der Waals surface area contributed by atoms with Gasteiger partial charge in [0.1, 0.15) is 0 Å². The fraction of sp³-hybridized carbons (Fsp3) is 0.909. The van der Waals surface area contributed by atoms with Crippen LogP contribution in [0.4, 0.5) is 0 Å². The van der Waals surface area contributed by atoms with E-state index in [4.69, 9.17) is 0 Å². The minimum absolute atomic E-state index is 0.346. The second-order valence-electron chi connectivity index (χ2n) is 3.94. The molecule has 1 amide bonds. The molecule has 1 aliphatic heterocycles. The molecular formula is C11H22N2O. The van der Waals surface area contributed by atoms with E-state index in [1.54, 1.807) is 0 Å². The van der Waals surface area contributed by atoms with Crippen molar-refractivity contribution in [2.45, 2.75) is 39.0 Å². The van der Waals surface area contributed by atoms with Crippen LogP contribution in [0, 0.1) is 0 Å². The van der Waals surface area contributed by atoms with Gasteiger partial charge in [-0.15, -0.1) is 0 Å². The summed E-state index contributed by atoms with van der Waals surface area (Å²) in [4.78, 5) is 13.2. The van der Waals surface area contributed by atoms with Crippen molar-refractivity contribution >= 4 is 5.91 Å². The summed E-state index contributed by atoms with van der Waals surface area (Å²) in [7, 11) is 0. The number of hydrogen-bond donors (Lipinski definition) is 1.